The smallest absolute Gasteiger partial charge is 0.426 e. The van der Waals surface area contributed by atoms with E-state index in [1.165, 1.54) is 12.1 Å². The Morgan fingerprint density at radius 1 is 1.02 bits per heavy atom. The largest absolute Gasteiger partial charge is 0.481 e. The number of carboxylic acid groups (broad SMARTS) is 1. The summed E-state index contributed by atoms with van der Waals surface area (Å²) in [5.41, 5.74) is -3.32. The fourth-order valence-corrected chi connectivity index (χ4v) is 7.25. The lowest BCUT2D eigenvalue weighted by Crippen LogP contribution is -2.55. The monoisotopic (exact) mass is 563 g/mol. The number of fused-ring (bicyclic) bond motifs is 3. The van der Waals surface area contributed by atoms with E-state index in [4.69, 9.17) is 0 Å². The van der Waals surface area contributed by atoms with E-state index in [0.717, 1.165) is 16.7 Å². The van der Waals surface area contributed by atoms with E-state index in [9.17, 15) is 32.3 Å². The maximum Gasteiger partial charge on any atom is 0.426 e. The van der Waals surface area contributed by atoms with Crippen LogP contribution in [0.3, 0.4) is 0 Å². The Balaban J connectivity index is 1.52. The van der Waals surface area contributed by atoms with Gasteiger partial charge in [0.15, 0.2) is 5.67 Å². The summed E-state index contributed by atoms with van der Waals surface area (Å²) in [6.45, 7) is 2.77. The third kappa shape index (κ3) is 4.69. The van der Waals surface area contributed by atoms with E-state index in [0.29, 0.717) is 38.2 Å². The van der Waals surface area contributed by atoms with Gasteiger partial charge in [-0.2, -0.15) is 13.2 Å². The summed E-state index contributed by atoms with van der Waals surface area (Å²) in [5, 5.41) is 9.31. The molecule has 1 heterocycles. The molecular weight excluding hydrogens is 529 g/mol. The molecular formula is C31H34F5NO3. The van der Waals surface area contributed by atoms with Gasteiger partial charge in [0.25, 0.3) is 5.91 Å². The Hall–Kier alpha value is -2.97. The van der Waals surface area contributed by atoms with E-state index >= 15 is 4.39 Å². The first-order valence-electron chi connectivity index (χ1n) is 13.9. The molecule has 1 saturated heterocycles. The molecule has 0 bridgehead atoms. The Morgan fingerprint density at radius 3 is 2.35 bits per heavy atom. The van der Waals surface area contributed by atoms with Gasteiger partial charge in [0.2, 0.25) is 5.67 Å². The predicted octanol–water partition coefficient (Wildman–Crippen LogP) is 6.75. The number of amides is 1. The summed E-state index contributed by atoms with van der Waals surface area (Å²) in [5.74, 6) is -2.27. The predicted molar refractivity (Wildman–Crippen MR) is 139 cm³/mol. The topological polar surface area (TPSA) is 57.6 Å². The van der Waals surface area contributed by atoms with Crippen LogP contribution in [0.15, 0.2) is 42.5 Å². The first-order valence-corrected chi connectivity index (χ1v) is 13.9. The SMILES string of the molecule is Cc1cccc(CC23CCN(C(=O)C4(F)CCC(C(=O)O)CC4)C2CCc2cc(C(C)(F)C(F)(F)F)ccc23)c1. The lowest BCUT2D eigenvalue weighted by atomic mass is 9.63. The number of aryl methyl sites for hydroxylation is 2. The number of hydrogen-bond acceptors (Lipinski definition) is 2. The minimum Gasteiger partial charge on any atom is -0.481 e. The molecule has 0 aromatic heterocycles. The summed E-state index contributed by atoms with van der Waals surface area (Å²) in [4.78, 5) is 26.7. The van der Waals surface area contributed by atoms with Crippen molar-refractivity contribution in [2.45, 2.75) is 94.2 Å². The molecule has 2 aromatic rings. The zero-order valence-electron chi connectivity index (χ0n) is 22.7. The molecule has 3 aliphatic rings. The van der Waals surface area contributed by atoms with E-state index in [-0.39, 0.29) is 38.3 Å². The third-order valence-corrected chi connectivity index (χ3v) is 9.59. The van der Waals surface area contributed by atoms with Crippen molar-refractivity contribution in [2.75, 3.05) is 6.54 Å². The summed E-state index contributed by atoms with van der Waals surface area (Å²) in [7, 11) is 0. The number of nitrogens with zero attached hydrogens (tertiary/aromatic N) is 1. The van der Waals surface area contributed by atoms with Crippen LogP contribution in [0.4, 0.5) is 22.0 Å². The zero-order valence-corrected chi connectivity index (χ0v) is 22.7. The molecule has 0 spiro atoms. The van der Waals surface area contributed by atoms with Crippen LogP contribution in [0.2, 0.25) is 0 Å². The van der Waals surface area contributed by atoms with Gasteiger partial charge in [-0.1, -0.05) is 48.0 Å². The summed E-state index contributed by atoms with van der Waals surface area (Å²) in [6.07, 6.45) is -3.44. The normalized spacial score (nSPS) is 29.8. The number of carbonyl (C=O) groups excluding carboxylic acids is 1. The quantitative estimate of drug-likeness (QED) is 0.410. The highest BCUT2D eigenvalue weighted by atomic mass is 19.4. The van der Waals surface area contributed by atoms with Crippen LogP contribution in [0.1, 0.15) is 73.3 Å². The van der Waals surface area contributed by atoms with Gasteiger partial charge in [0, 0.05) is 18.0 Å². The van der Waals surface area contributed by atoms with E-state index in [2.05, 4.69) is 0 Å². The van der Waals surface area contributed by atoms with Crippen LogP contribution >= 0.6 is 0 Å². The van der Waals surface area contributed by atoms with Crippen molar-refractivity contribution >= 4 is 11.9 Å². The Kier molecular flexibility index (Phi) is 7.02. The first-order chi connectivity index (χ1) is 18.7. The molecule has 2 fully saturated rings. The number of hydrogen-bond donors (Lipinski definition) is 1. The molecule has 9 heteroatoms. The molecule has 1 amide bonds. The number of alkyl halides is 5. The molecule has 3 unspecified atom stereocenters. The lowest BCUT2D eigenvalue weighted by molar-refractivity contribution is -0.228. The van der Waals surface area contributed by atoms with Crippen molar-refractivity contribution in [3.63, 3.8) is 0 Å². The molecule has 1 N–H and O–H groups in total. The molecule has 40 heavy (non-hydrogen) atoms. The Bertz CT molecular complexity index is 1310. The molecule has 1 saturated carbocycles. The fourth-order valence-electron chi connectivity index (χ4n) is 7.25. The summed E-state index contributed by atoms with van der Waals surface area (Å²) >= 11 is 0. The molecule has 2 aromatic carbocycles. The zero-order chi connectivity index (χ0) is 29.1. The fraction of sp³-hybridized carbons (Fsp3) is 0.548. The molecule has 5 rings (SSSR count). The van der Waals surface area contributed by atoms with Crippen molar-refractivity contribution in [3.05, 3.63) is 70.3 Å². The Labute approximate surface area is 230 Å². The van der Waals surface area contributed by atoms with Gasteiger partial charge in [-0.3, -0.25) is 9.59 Å². The number of benzene rings is 2. The maximum atomic E-state index is 16.1. The van der Waals surface area contributed by atoms with Crippen molar-refractivity contribution in [3.8, 4) is 0 Å². The Morgan fingerprint density at radius 2 is 1.73 bits per heavy atom. The van der Waals surface area contributed by atoms with Crippen molar-refractivity contribution in [1.82, 2.24) is 4.90 Å². The molecule has 3 atom stereocenters. The molecule has 0 radical (unpaired) electrons. The second-order valence-corrected chi connectivity index (χ2v) is 12.1. The van der Waals surface area contributed by atoms with E-state index in [1.54, 1.807) is 11.0 Å². The number of carboxylic acids is 1. The average Bonchev–Trinajstić information content (AvgIpc) is 3.26. The van der Waals surface area contributed by atoms with Crippen LogP contribution in [0.5, 0.6) is 0 Å². The first kappa shape index (κ1) is 28.6. The van der Waals surface area contributed by atoms with Crippen LogP contribution in [-0.2, 0) is 33.5 Å². The van der Waals surface area contributed by atoms with Gasteiger partial charge in [-0.05, 0) is 87.5 Å². The van der Waals surface area contributed by atoms with E-state index < -0.39 is 46.3 Å². The van der Waals surface area contributed by atoms with Crippen molar-refractivity contribution in [1.29, 1.82) is 0 Å². The number of likely N-dealkylation sites (tertiary alicyclic amines) is 1. The average molecular weight is 564 g/mol. The highest BCUT2D eigenvalue weighted by Gasteiger charge is 2.57. The molecule has 4 nitrogen and oxygen atoms in total. The number of aliphatic carboxylic acids is 1. The van der Waals surface area contributed by atoms with Gasteiger partial charge >= 0.3 is 12.1 Å². The van der Waals surface area contributed by atoms with Crippen LogP contribution in [0.25, 0.3) is 0 Å². The van der Waals surface area contributed by atoms with Crippen LogP contribution in [-0.4, -0.2) is 46.3 Å². The van der Waals surface area contributed by atoms with Crippen molar-refractivity contribution < 1.29 is 36.6 Å². The highest BCUT2D eigenvalue weighted by Crippen LogP contribution is 2.52. The van der Waals surface area contributed by atoms with Crippen molar-refractivity contribution in [2.24, 2.45) is 5.92 Å². The molecule has 216 valence electrons. The minimum atomic E-state index is -5.07. The minimum absolute atomic E-state index is 0.0946. The molecule has 1 aliphatic heterocycles. The van der Waals surface area contributed by atoms with E-state index in [1.807, 2.05) is 31.2 Å². The second kappa shape index (κ2) is 9.84. The third-order valence-electron chi connectivity index (χ3n) is 9.59. The second-order valence-electron chi connectivity index (χ2n) is 12.1. The van der Waals surface area contributed by atoms with Gasteiger partial charge < -0.3 is 10.0 Å². The van der Waals surface area contributed by atoms with Gasteiger partial charge in [0.1, 0.15) is 0 Å². The summed E-state index contributed by atoms with van der Waals surface area (Å²) in [6, 6.07) is 11.6. The van der Waals surface area contributed by atoms with Gasteiger partial charge in [-0.25, -0.2) is 8.78 Å². The van der Waals surface area contributed by atoms with Crippen LogP contribution in [0, 0.1) is 12.8 Å². The highest BCUT2D eigenvalue weighted by molar-refractivity contribution is 5.86. The lowest BCUT2D eigenvalue weighted by Gasteiger charge is -2.45. The van der Waals surface area contributed by atoms with Crippen LogP contribution < -0.4 is 0 Å². The number of carbonyl (C=O) groups is 2. The molecule has 2 aliphatic carbocycles. The standard InChI is InChI=1S/C31H34F5NO3/c1-19-4-3-5-20(16-19)18-29-14-15-37(27(40)30(33)12-10-21(11-13-30)26(38)39)25(29)9-6-22-17-23(7-8-24(22)29)28(2,32)31(34,35)36/h3-5,7-8,16-17,21,25H,6,9-15,18H2,1-2H3,(H,38,39). The van der Waals surface area contributed by atoms with Gasteiger partial charge in [0.05, 0.1) is 5.92 Å². The van der Waals surface area contributed by atoms with Gasteiger partial charge in [-0.15, -0.1) is 0 Å². The summed E-state index contributed by atoms with van der Waals surface area (Å²) < 4.78 is 71.5. The number of rotatable bonds is 5. The number of halogens is 5. The maximum absolute atomic E-state index is 16.1.